The lowest BCUT2D eigenvalue weighted by Gasteiger charge is -2.25. The Kier molecular flexibility index (Phi) is 7.29. The molecule has 1 unspecified atom stereocenters. The van der Waals surface area contributed by atoms with Crippen molar-refractivity contribution < 1.29 is 13.7 Å². The van der Waals surface area contributed by atoms with E-state index in [9.17, 15) is 9.18 Å². The highest BCUT2D eigenvalue weighted by Gasteiger charge is 2.18. The fourth-order valence-corrected chi connectivity index (χ4v) is 4.44. The number of thioether (sulfide) groups is 1. The highest BCUT2D eigenvalue weighted by atomic mass is 32.2. The third kappa shape index (κ3) is 5.29. The molecule has 0 aliphatic rings. The smallest absolute Gasteiger partial charge is 0.252 e. The fourth-order valence-electron chi connectivity index (χ4n) is 3.23. The van der Waals surface area contributed by atoms with Crippen LogP contribution in [0.3, 0.4) is 0 Å². The third-order valence-electron chi connectivity index (χ3n) is 5.00. The van der Waals surface area contributed by atoms with Crippen molar-refractivity contribution in [2.24, 2.45) is 0 Å². The summed E-state index contributed by atoms with van der Waals surface area (Å²) in [7, 11) is 3.82. The second-order valence-electron chi connectivity index (χ2n) is 7.33. The van der Waals surface area contributed by atoms with Gasteiger partial charge in [0.1, 0.15) is 11.6 Å². The maximum absolute atomic E-state index is 13.6. The Hall–Kier alpha value is -2.64. The average molecular weight is 428 g/mol. The number of likely N-dealkylation sites (N-methyl/N-ethyl adjacent to an activating group) is 1. The molecule has 1 aromatic heterocycles. The van der Waals surface area contributed by atoms with Crippen LogP contribution in [0, 0.1) is 19.7 Å². The number of halogens is 1. The summed E-state index contributed by atoms with van der Waals surface area (Å²) in [6.45, 7) is 4.18. The minimum atomic E-state index is -0.285. The van der Waals surface area contributed by atoms with Crippen LogP contribution < -0.4 is 5.32 Å². The molecule has 0 radical (unpaired) electrons. The van der Waals surface area contributed by atoms with Crippen LogP contribution >= 0.6 is 11.8 Å². The second-order valence-corrected chi connectivity index (χ2v) is 8.35. The van der Waals surface area contributed by atoms with Crippen LogP contribution in [0.25, 0.3) is 0 Å². The molecule has 30 heavy (non-hydrogen) atoms. The van der Waals surface area contributed by atoms with Gasteiger partial charge in [-0.1, -0.05) is 29.4 Å². The number of amides is 1. The molecule has 0 bridgehead atoms. The molecule has 5 nitrogen and oxygen atoms in total. The molecule has 0 spiro atoms. The number of aryl methyl sites for hydroxylation is 2. The lowest BCUT2D eigenvalue weighted by atomic mass is 10.1. The van der Waals surface area contributed by atoms with Gasteiger partial charge in [-0.2, -0.15) is 0 Å². The minimum Gasteiger partial charge on any atom is -0.361 e. The van der Waals surface area contributed by atoms with E-state index in [1.54, 1.807) is 17.8 Å². The van der Waals surface area contributed by atoms with Gasteiger partial charge in [0.05, 0.1) is 17.3 Å². The van der Waals surface area contributed by atoms with E-state index in [2.05, 4.69) is 10.5 Å². The van der Waals surface area contributed by atoms with E-state index in [4.69, 9.17) is 4.52 Å². The molecule has 1 heterocycles. The normalized spacial score (nSPS) is 12.2. The van der Waals surface area contributed by atoms with Gasteiger partial charge in [0.15, 0.2) is 0 Å². The second kappa shape index (κ2) is 9.91. The molecule has 3 rings (SSSR count). The first-order valence-electron chi connectivity index (χ1n) is 9.70. The van der Waals surface area contributed by atoms with E-state index < -0.39 is 0 Å². The van der Waals surface area contributed by atoms with Gasteiger partial charge in [-0.3, -0.25) is 4.79 Å². The lowest BCUT2D eigenvalue weighted by Crippen LogP contribution is -2.34. The molecule has 2 aromatic carbocycles. The fraction of sp³-hybridized carbons (Fsp3) is 0.304. The Bertz CT molecular complexity index is 1000. The Morgan fingerprint density at radius 2 is 1.97 bits per heavy atom. The number of nitrogens with zero attached hydrogens (tertiary/aromatic N) is 2. The Morgan fingerprint density at radius 1 is 1.20 bits per heavy atom. The van der Waals surface area contributed by atoms with Gasteiger partial charge in [0.25, 0.3) is 5.91 Å². The number of nitrogens with one attached hydrogen (secondary N) is 1. The van der Waals surface area contributed by atoms with Crippen molar-refractivity contribution in [1.82, 2.24) is 15.4 Å². The van der Waals surface area contributed by atoms with E-state index in [0.717, 1.165) is 27.5 Å². The van der Waals surface area contributed by atoms with E-state index >= 15 is 0 Å². The van der Waals surface area contributed by atoms with Crippen molar-refractivity contribution >= 4 is 17.7 Å². The molecule has 0 saturated heterocycles. The van der Waals surface area contributed by atoms with Crippen LogP contribution in [0.5, 0.6) is 0 Å². The van der Waals surface area contributed by atoms with Crippen molar-refractivity contribution in [2.45, 2.75) is 30.5 Å². The summed E-state index contributed by atoms with van der Waals surface area (Å²) in [4.78, 5) is 15.8. The van der Waals surface area contributed by atoms with E-state index in [-0.39, 0.29) is 17.8 Å². The standard InChI is InChI=1S/C23H26FN3O2S/c1-15-20(16(2)29-26-15)14-30-22-11-6-5-10-19(22)23(28)25-13-21(27(3)4)17-8-7-9-18(24)12-17/h5-12,21H,13-14H2,1-4H3,(H,25,28). The average Bonchev–Trinajstić information content (AvgIpc) is 3.04. The summed E-state index contributed by atoms with van der Waals surface area (Å²) in [6.07, 6.45) is 0. The zero-order valence-electron chi connectivity index (χ0n) is 17.6. The molecule has 0 aliphatic carbocycles. The van der Waals surface area contributed by atoms with Crippen molar-refractivity contribution in [3.8, 4) is 0 Å². The molecule has 0 saturated carbocycles. The Labute approximate surface area is 180 Å². The van der Waals surface area contributed by atoms with Crippen LogP contribution in [0.4, 0.5) is 4.39 Å². The molecule has 1 atom stereocenters. The highest BCUT2D eigenvalue weighted by Crippen LogP contribution is 2.29. The summed E-state index contributed by atoms with van der Waals surface area (Å²) < 4.78 is 18.9. The van der Waals surface area contributed by atoms with Gasteiger partial charge in [0, 0.05) is 22.8 Å². The molecule has 158 valence electrons. The maximum Gasteiger partial charge on any atom is 0.252 e. The zero-order chi connectivity index (χ0) is 21.7. The van der Waals surface area contributed by atoms with Crippen LogP contribution in [-0.4, -0.2) is 36.6 Å². The predicted octanol–water partition coefficient (Wildman–Crippen LogP) is 4.76. The molecule has 3 aromatic rings. The summed E-state index contributed by atoms with van der Waals surface area (Å²) in [5, 5.41) is 6.99. The third-order valence-corrected chi connectivity index (χ3v) is 6.10. The van der Waals surface area contributed by atoms with Crippen molar-refractivity contribution in [2.75, 3.05) is 20.6 Å². The van der Waals surface area contributed by atoms with Gasteiger partial charge in [0.2, 0.25) is 0 Å². The largest absolute Gasteiger partial charge is 0.361 e. The van der Waals surface area contributed by atoms with Gasteiger partial charge in [-0.25, -0.2) is 4.39 Å². The SMILES string of the molecule is Cc1noc(C)c1CSc1ccccc1C(=O)NCC(c1cccc(F)c1)N(C)C. The number of rotatable bonds is 8. The predicted molar refractivity (Wildman–Crippen MR) is 117 cm³/mol. The lowest BCUT2D eigenvalue weighted by molar-refractivity contribution is 0.0939. The van der Waals surface area contributed by atoms with Crippen LogP contribution in [-0.2, 0) is 5.75 Å². The van der Waals surface area contributed by atoms with Crippen LogP contribution in [0.1, 0.15) is 39.0 Å². The highest BCUT2D eigenvalue weighted by molar-refractivity contribution is 7.98. The first-order chi connectivity index (χ1) is 14.4. The van der Waals surface area contributed by atoms with Gasteiger partial charge in [-0.15, -0.1) is 11.8 Å². The Balaban J connectivity index is 1.70. The number of carbonyl (C=O) groups is 1. The first-order valence-corrected chi connectivity index (χ1v) is 10.7. The van der Waals surface area contributed by atoms with Gasteiger partial charge in [-0.05, 0) is 57.8 Å². The summed E-state index contributed by atoms with van der Waals surface area (Å²) in [6, 6.07) is 13.9. The monoisotopic (exact) mass is 427 g/mol. The molecule has 0 fully saturated rings. The number of hydrogen-bond donors (Lipinski definition) is 1. The molecule has 1 N–H and O–H groups in total. The quantitative estimate of drug-likeness (QED) is 0.526. The zero-order valence-corrected chi connectivity index (χ0v) is 18.4. The maximum atomic E-state index is 13.6. The summed E-state index contributed by atoms with van der Waals surface area (Å²) >= 11 is 1.58. The minimum absolute atomic E-state index is 0.133. The summed E-state index contributed by atoms with van der Waals surface area (Å²) in [5.41, 5.74) is 3.35. The molecule has 7 heteroatoms. The van der Waals surface area contributed by atoms with Crippen molar-refractivity contribution in [1.29, 1.82) is 0 Å². The molecule has 0 aliphatic heterocycles. The van der Waals surface area contributed by atoms with Gasteiger partial charge >= 0.3 is 0 Å². The van der Waals surface area contributed by atoms with Crippen molar-refractivity contribution in [3.63, 3.8) is 0 Å². The first kappa shape index (κ1) is 22.1. The Morgan fingerprint density at radius 3 is 2.63 bits per heavy atom. The van der Waals surface area contributed by atoms with Gasteiger partial charge < -0.3 is 14.7 Å². The molecular formula is C23H26FN3O2S. The molecular weight excluding hydrogens is 401 g/mol. The summed E-state index contributed by atoms with van der Waals surface area (Å²) in [5.74, 6) is 1.03. The number of aromatic nitrogens is 1. The number of benzene rings is 2. The number of carbonyl (C=O) groups excluding carboxylic acids is 1. The number of hydrogen-bond acceptors (Lipinski definition) is 5. The van der Waals surface area contributed by atoms with Crippen LogP contribution in [0.2, 0.25) is 0 Å². The van der Waals surface area contributed by atoms with Crippen molar-refractivity contribution in [3.05, 3.63) is 82.5 Å². The van der Waals surface area contributed by atoms with E-state index in [0.29, 0.717) is 17.9 Å². The molecule has 1 amide bonds. The van der Waals surface area contributed by atoms with E-state index in [1.165, 1.54) is 12.1 Å². The topological polar surface area (TPSA) is 58.4 Å². The van der Waals surface area contributed by atoms with E-state index in [1.807, 2.05) is 63.2 Å². The van der Waals surface area contributed by atoms with Crippen LogP contribution in [0.15, 0.2) is 57.9 Å².